The molecule has 1 saturated heterocycles. The minimum absolute atomic E-state index is 0.0285. The third-order valence-corrected chi connectivity index (χ3v) is 4.86. The van der Waals surface area contributed by atoms with Crippen LogP contribution in [-0.4, -0.2) is 45.7 Å². The van der Waals surface area contributed by atoms with Crippen LogP contribution in [0.1, 0.15) is 32.1 Å². The van der Waals surface area contributed by atoms with Crippen LogP contribution >= 0.6 is 0 Å². The summed E-state index contributed by atoms with van der Waals surface area (Å²) in [6, 6.07) is 5.40. The average molecular weight is 319 g/mol. The molecule has 23 heavy (non-hydrogen) atoms. The highest BCUT2D eigenvalue weighted by molar-refractivity contribution is 5.85. The van der Waals surface area contributed by atoms with Gasteiger partial charge in [-0.05, 0) is 49.4 Å². The number of carbonyl (C=O) groups excluding carboxylic acids is 1. The number of phenols is 1. The number of aliphatic carboxylic acids is 1. The molecular weight excluding hydrogens is 298 g/mol. The van der Waals surface area contributed by atoms with Gasteiger partial charge in [-0.15, -0.1) is 0 Å². The Balaban J connectivity index is 1.68. The summed E-state index contributed by atoms with van der Waals surface area (Å²) in [6.07, 6.45) is 4.57. The summed E-state index contributed by atoms with van der Waals surface area (Å²) in [5, 5.41) is 18.7. The van der Waals surface area contributed by atoms with Crippen LogP contribution in [0.2, 0.25) is 0 Å². The molecule has 0 spiro atoms. The third kappa shape index (κ3) is 3.25. The summed E-state index contributed by atoms with van der Waals surface area (Å²) in [5.41, 5.74) is 0. The summed E-state index contributed by atoms with van der Waals surface area (Å²) in [5.74, 6) is -0.318. The van der Waals surface area contributed by atoms with E-state index in [1.807, 2.05) is 0 Å². The molecule has 1 heterocycles. The maximum absolute atomic E-state index is 12.5. The first-order chi connectivity index (χ1) is 11.1. The highest BCUT2D eigenvalue weighted by Crippen LogP contribution is 2.39. The molecule has 124 valence electrons. The van der Waals surface area contributed by atoms with Crippen molar-refractivity contribution in [2.75, 3.05) is 6.61 Å². The fourth-order valence-electron chi connectivity index (χ4n) is 3.80. The minimum atomic E-state index is -0.933. The number of carbonyl (C=O) groups is 2. The van der Waals surface area contributed by atoms with Crippen LogP contribution in [0.25, 0.3) is 0 Å². The Morgan fingerprint density at radius 2 is 1.87 bits per heavy atom. The number of hydrogen-bond acceptors (Lipinski definition) is 4. The number of likely N-dealkylation sites (tertiary alicyclic amines) is 1. The van der Waals surface area contributed by atoms with Gasteiger partial charge in [-0.3, -0.25) is 4.79 Å². The van der Waals surface area contributed by atoms with E-state index in [4.69, 9.17) is 4.74 Å². The van der Waals surface area contributed by atoms with Crippen LogP contribution in [-0.2, 0) is 9.59 Å². The average Bonchev–Trinajstić information content (AvgIpc) is 2.94. The number of fused-ring (bicyclic) bond motifs is 1. The van der Waals surface area contributed by atoms with Gasteiger partial charge < -0.3 is 19.8 Å². The molecule has 3 rings (SSSR count). The normalized spacial score (nSPS) is 26.6. The van der Waals surface area contributed by atoms with Gasteiger partial charge in [-0.2, -0.15) is 0 Å². The molecule has 3 atom stereocenters. The smallest absolute Gasteiger partial charge is 0.326 e. The lowest BCUT2D eigenvalue weighted by Gasteiger charge is -2.32. The van der Waals surface area contributed by atoms with Crippen LogP contribution in [0.4, 0.5) is 0 Å². The molecule has 2 aliphatic rings. The number of nitrogens with zero attached hydrogens (tertiary/aromatic N) is 1. The van der Waals surface area contributed by atoms with Gasteiger partial charge in [0.2, 0.25) is 0 Å². The maximum atomic E-state index is 12.5. The van der Waals surface area contributed by atoms with Crippen molar-refractivity contribution in [1.82, 2.24) is 4.90 Å². The van der Waals surface area contributed by atoms with E-state index in [-0.39, 0.29) is 24.3 Å². The molecule has 2 fully saturated rings. The molecule has 1 aliphatic carbocycles. The molecule has 1 saturated carbocycles. The van der Waals surface area contributed by atoms with Gasteiger partial charge in [-0.25, -0.2) is 4.79 Å². The third-order valence-electron chi connectivity index (χ3n) is 4.86. The Hall–Kier alpha value is -2.24. The Labute approximate surface area is 134 Å². The van der Waals surface area contributed by atoms with Crippen molar-refractivity contribution < 1.29 is 24.5 Å². The number of aromatic hydroxyl groups is 1. The number of ether oxygens (including phenoxy) is 1. The van der Waals surface area contributed by atoms with E-state index in [9.17, 15) is 19.8 Å². The second-order valence-corrected chi connectivity index (χ2v) is 6.29. The van der Waals surface area contributed by atoms with Crippen LogP contribution < -0.4 is 4.74 Å². The van der Waals surface area contributed by atoms with Crippen molar-refractivity contribution in [3.8, 4) is 11.5 Å². The van der Waals surface area contributed by atoms with Crippen molar-refractivity contribution >= 4 is 11.9 Å². The molecule has 3 unspecified atom stereocenters. The highest BCUT2D eigenvalue weighted by Gasteiger charge is 2.47. The van der Waals surface area contributed by atoms with E-state index < -0.39 is 12.0 Å². The number of carboxylic acids is 1. The lowest BCUT2D eigenvalue weighted by Crippen LogP contribution is -2.48. The molecule has 6 heteroatoms. The van der Waals surface area contributed by atoms with E-state index in [0.29, 0.717) is 18.1 Å². The van der Waals surface area contributed by atoms with Gasteiger partial charge in [0.1, 0.15) is 17.5 Å². The zero-order chi connectivity index (χ0) is 16.4. The molecule has 2 N–H and O–H groups in total. The van der Waals surface area contributed by atoms with Gasteiger partial charge in [0, 0.05) is 6.04 Å². The molecule has 0 aromatic heterocycles. The lowest BCUT2D eigenvalue weighted by molar-refractivity contribution is -0.150. The molecule has 6 nitrogen and oxygen atoms in total. The number of hydrogen-bond donors (Lipinski definition) is 2. The van der Waals surface area contributed by atoms with Crippen LogP contribution in [0.5, 0.6) is 11.5 Å². The number of rotatable bonds is 4. The summed E-state index contributed by atoms with van der Waals surface area (Å²) in [7, 11) is 0. The predicted molar refractivity (Wildman–Crippen MR) is 82.2 cm³/mol. The number of carboxylic acid groups (broad SMARTS) is 1. The number of benzene rings is 1. The van der Waals surface area contributed by atoms with E-state index in [0.717, 1.165) is 25.7 Å². The van der Waals surface area contributed by atoms with Crippen LogP contribution in [0.15, 0.2) is 24.3 Å². The first kappa shape index (κ1) is 15.6. The Morgan fingerprint density at radius 3 is 2.57 bits per heavy atom. The monoisotopic (exact) mass is 319 g/mol. The fraction of sp³-hybridized carbons (Fsp3) is 0.529. The first-order valence-corrected chi connectivity index (χ1v) is 8.02. The zero-order valence-corrected chi connectivity index (χ0v) is 12.9. The standard InChI is InChI=1S/C17H21NO5/c19-12-5-7-13(8-6-12)23-10-16(20)18-14-4-2-1-3-11(14)9-15(18)17(21)22/h5-8,11,14-15,19H,1-4,9-10H2,(H,21,22). The van der Waals surface area contributed by atoms with Crippen LogP contribution in [0, 0.1) is 5.92 Å². The Morgan fingerprint density at radius 1 is 1.17 bits per heavy atom. The molecular formula is C17H21NO5. The topological polar surface area (TPSA) is 87.1 Å². The maximum Gasteiger partial charge on any atom is 0.326 e. The van der Waals surface area contributed by atoms with Gasteiger partial charge in [0.25, 0.3) is 5.91 Å². The molecule has 1 aromatic carbocycles. The Bertz CT molecular complexity index is 585. The van der Waals surface area contributed by atoms with E-state index in [2.05, 4.69) is 0 Å². The second-order valence-electron chi connectivity index (χ2n) is 6.29. The van der Waals surface area contributed by atoms with E-state index >= 15 is 0 Å². The Kier molecular flexibility index (Phi) is 4.41. The second kappa shape index (κ2) is 6.48. The van der Waals surface area contributed by atoms with Gasteiger partial charge in [0.05, 0.1) is 0 Å². The van der Waals surface area contributed by atoms with Crippen molar-refractivity contribution in [3.63, 3.8) is 0 Å². The summed E-state index contributed by atoms with van der Waals surface area (Å²) in [4.78, 5) is 25.6. The number of phenolic OH excluding ortho intramolecular Hbond substituents is 1. The molecule has 1 amide bonds. The lowest BCUT2D eigenvalue weighted by atomic mass is 9.85. The SMILES string of the molecule is O=C(O)C1CC2CCCCC2N1C(=O)COc1ccc(O)cc1. The van der Waals surface area contributed by atoms with Crippen molar-refractivity contribution in [1.29, 1.82) is 0 Å². The minimum Gasteiger partial charge on any atom is -0.508 e. The van der Waals surface area contributed by atoms with E-state index in [1.165, 1.54) is 17.0 Å². The fourth-order valence-corrected chi connectivity index (χ4v) is 3.80. The van der Waals surface area contributed by atoms with Gasteiger partial charge in [0.15, 0.2) is 6.61 Å². The van der Waals surface area contributed by atoms with E-state index in [1.54, 1.807) is 12.1 Å². The highest BCUT2D eigenvalue weighted by atomic mass is 16.5. The molecule has 0 bridgehead atoms. The van der Waals surface area contributed by atoms with Crippen molar-refractivity contribution in [3.05, 3.63) is 24.3 Å². The first-order valence-electron chi connectivity index (χ1n) is 8.02. The predicted octanol–water partition coefficient (Wildman–Crippen LogP) is 2.02. The van der Waals surface area contributed by atoms with Gasteiger partial charge >= 0.3 is 5.97 Å². The summed E-state index contributed by atoms with van der Waals surface area (Å²) >= 11 is 0. The van der Waals surface area contributed by atoms with Gasteiger partial charge in [-0.1, -0.05) is 12.8 Å². The molecule has 0 radical (unpaired) electrons. The quantitative estimate of drug-likeness (QED) is 0.886. The molecule has 1 aromatic rings. The molecule has 1 aliphatic heterocycles. The van der Waals surface area contributed by atoms with Crippen molar-refractivity contribution in [2.24, 2.45) is 5.92 Å². The summed E-state index contributed by atoms with van der Waals surface area (Å²) < 4.78 is 5.45. The van der Waals surface area contributed by atoms with Crippen molar-refractivity contribution in [2.45, 2.75) is 44.2 Å². The largest absolute Gasteiger partial charge is 0.508 e. The number of amides is 1. The van der Waals surface area contributed by atoms with Crippen LogP contribution in [0.3, 0.4) is 0 Å². The zero-order valence-electron chi connectivity index (χ0n) is 12.9. The summed E-state index contributed by atoms with van der Waals surface area (Å²) in [6.45, 7) is -0.183.